The molecule has 0 radical (unpaired) electrons. The summed E-state index contributed by atoms with van der Waals surface area (Å²) in [5.74, 6) is 0. The largest absolute Gasteiger partial charge is 0.319 e. The molecule has 0 aliphatic heterocycles. The van der Waals surface area contributed by atoms with Gasteiger partial charge in [0.2, 0.25) is 0 Å². The summed E-state index contributed by atoms with van der Waals surface area (Å²) >= 11 is 0. The third-order valence-electron chi connectivity index (χ3n) is 3.80. The van der Waals surface area contributed by atoms with E-state index in [1.54, 1.807) is 0 Å². The maximum Gasteiger partial charge on any atom is 0.0571 e. The van der Waals surface area contributed by atoms with E-state index in [0.717, 1.165) is 13.0 Å². The molecule has 1 aromatic carbocycles. The van der Waals surface area contributed by atoms with E-state index in [9.17, 15) is 0 Å². The molecule has 0 saturated carbocycles. The van der Waals surface area contributed by atoms with Crippen LogP contribution in [0.25, 0.3) is 11.1 Å². The van der Waals surface area contributed by atoms with E-state index >= 15 is 0 Å². The highest BCUT2D eigenvalue weighted by atomic mass is 15.3. The summed E-state index contributed by atoms with van der Waals surface area (Å²) in [6, 6.07) is 4.55. The van der Waals surface area contributed by atoms with Gasteiger partial charge < -0.3 is 5.32 Å². The molecular formula is C16H23N3. The fourth-order valence-corrected chi connectivity index (χ4v) is 2.48. The van der Waals surface area contributed by atoms with E-state index in [1.165, 1.54) is 33.5 Å². The Morgan fingerprint density at radius 2 is 1.74 bits per heavy atom. The van der Waals surface area contributed by atoms with Gasteiger partial charge >= 0.3 is 0 Å². The molecule has 1 heterocycles. The van der Waals surface area contributed by atoms with Gasteiger partial charge in [0, 0.05) is 31.3 Å². The first kappa shape index (κ1) is 13.8. The topological polar surface area (TPSA) is 29.9 Å². The van der Waals surface area contributed by atoms with Crippen molar-refractivity contribution in [3.8, 4) is 11.1 Å². The fourth-order valence-electron chi connectivity index (χ4n) is 2.48. The number of aromatic nitrogens is 2. The highest BCUT2D eigenvalue weighted by Gasteiger charge is 2.13. The minimum atomic E-state index is 0.969. The quantitative estimate of drug-likeness (QED) is 0.912. The summed E-state index contributed by atoms with van der Waals surface area (Å²) in [5, 5.41) is 7.63. The second-order valence-corrected chi connectivity index (χ2v) is 5.23. The van der Waals surface area contributed by atoms with Gasteiger partial charge in [0.05, 0.1) is 6.20 Å². The molecule has 2 rings (SSSR count). The zero-order valence-corrected chi connectivity index (χ0v) is 12.5. The number of nitrogens with zero attached hydrogens (tertiary/aromatic N) is 2. The van der Waals surface area contributed by atoms with E-state index in [4.69, 9.17) is 0 Å². The predicted molar refractivity (Wildman–Crippen MR) is 80.5 cm³/mol. The van der Waals surface area contributed by atoms with Crippen molar-refractivity contribution in [1.82, 2.24) is 15.1 Å². The molecule has 3 heteroatoms. The van der Waals surface area contributed by atoms with Gasteiger partial charge in [-0.25, -0.2) is 0 Å². The molecule has 0 bridgehead atoms. The van der Waals surface area contributed by atoms with Crippen molar-refractivity contribution in [3.05, 3.63) is 40.7 Å². The van der Waals surface area contributed by atoms with Gasteiger partial charge in [-0.2, -0.15) is 5.10 Å². The van der Waals surface area contributed by atoms with Gasteiger partial charge in [-0.3, -0.25) is 4.68 Å². The van der Waals surface area contributed by atoms with Crippen LogP contribution in [0.4, 0.5) is 0 Å². The summed E-state index contributed by atoms with van der Waals surface area (Å²) in [4.78, 5) is 0. The lowest BCUT2D eigenvalue weighted by Gasteiger charge is -2.11. The number of hydrogen-bond donors (Lipinski definition) is 1. The van der Waals surface area contributed by atoms with Crippen molar-refractivity contribution in [2.24, 2.45) is 7.05 Å². The smallest absolute Gasteiger partial charge is 0.0571 e. The van der Waals surface area contributed by atoms with Crippen LogP contribution in [0.3, 0.4) is 0 Å². The van der Waals surface area contributed by atoms with Crippen molar-refractivity contribution in [1.29, 1.82) is 0 Å². The average molecular weight is 257 g/mol. The number of benzene rings is 1. The molecule has 0 fully saturated rings. The molecular weight excluding hydrogens is 234 g/mol. The van der Waals surface area contributed by atoms with Gasteiger partial charge in [-0.1, -0.05) is 12.1 Å². The normalized spacial score (nSPS) is 11.0. The first-order chi connectivity index (χ1) is 9.04. The molecule has 0 aliphatic carbocycles. The molecule has 2 aromatic rings. The van der Waals surface area contributed by atoms with Crippen LogP contribution >= 0.6 is 0 Å². The molecule has 3 nitrogen and oxygen atoms in total. The molecule has 0 unspecified atom stereocenters. The van der Waals surface area contributed by atoms with E-state index in [2.05, 4.69) is 43.3 Å². The average Bonchev–Trinajstić information content (AvgIpc) is 2.72. The minimum Gasteiger partial charge on any atom is -0.319 e. The molecule has 1 aromatic heterocycles. The molecule has 1 N–H and O–H groups in total. The molecule has 0 saturated heterocycles. The Morgan fingerprint density at radius 3 is 2.42 bits per heavy atom. The molecule has 0 spiro atoms. The third kappa shape index (κ3) is 2.71. The van der Waals surface area contributed by atoms with Crippen LogP contribution < -0.4 is 5.32 Å². The summed E-state index contributed by atoms with van der Waals surface area (Å²) < 4.78 is 1.99. The zero-order chi connectivity index (χ0) is 14.0. The van der Waals surface area contributed by atoms with Crippen LogP contribution in [0.15, 0.2) is 18.3 Å². The van der Waals surface area contributed by atoms with Crippen LogP contribution in [0.1, 0.15) is 22.4 Å². The van der Waals surface area contributed by atoms with Crippen molar-refractivity contribution in [2.75, 3.05) is 13.6 Å². The highest BCUT2D eigenvalue weighted by molar-refractivity contribution is 5.70. The fraction of sp³-hybridized carbons (Fsp3) is 0.438. The molecule has 102 valence electrons. The summed E-state index contributed by atoms with van der Waals surface area (Å²) in [7, 11) is 4.00. The Morgan fingerprint density at radius 1 is 1.05 bits per heavy atom. The van der Waals surface area contributed by atoms with Crippen molar-refractivity contribution in [2.45, 2.75) is 27.2 Å². The van der Waals surface area contributed by atoms with Crippen molar-refractivity contribution < 1.29 is 0 Å². The summed E-state index contributed by atoms with van der Waals surface area (Å²) in [6.45, 7) is 7.48. The van der Waals surface area contributed by atoms with Crippen LogP contribution in [-0.4, -0.2) is 23.4 Å². The maximum atomic E-state index is 4.43. The van der Waals surface area contributed by atoms with Crippen molar-refractivity contribution in [3.63, 3.8) is 0 Å². The number of likely N-dealkylation sites (N-methyl/N-ethyl adjacent to an activating group) is 1. The molecule has 0 aliphatic rings. The Kier molecular flexibility index (Phi) is 4.05. The minimum absolute atomic E-state index is 0.969. The van der Waals surface area contributed by atoms with E-state index in [1.807, 2.05) is 25.0 Å². The second-order valence-electron chi connectivity index (χ2n) is 5.23. The van der Waals surface area contributed by atoms with Gasteiger partial charge in [0.1, 0.15) is 0 Å². The first-order valence-electron chi connectivity index (χ1n) is 6.78. The van der Waals surface area contributed by atoms with Crippen LogP contribution in [0.5, 0.6) is 0 Å². The molecule has 0 amide bonds. The highest BCUT2D eigenvalue weighted by Crippen LogP contribution is 2.29. The monoisotopic (exact) mass is 257 g/mol. The van der Waals surface area contributed by atoms with Gasteiger partial charge in [-0.05, 0) is 50.1 Å². The molecule has 19 heavy (non-hydrogen) atoms. The lowest BCUT2D eigenvalue weighted by Crippen LogP contribution is -2.13. The van der Waals surface area contributed by atoms with Gasteiger partial charge in [-0.15, -0.1) is 0 Å². The number of nitrogens with one attached hydrogen (secondary N) is 1. The number of hydrogen-bond acceptors (Lipinski definition) is 2. The van der Waals surface area contributed by atoms with E-state index in [0.29, 0.717) is 0 Å². The standard InChI is InChI=1S/C16H23N3/c1-11-8-13(3)14(9-12(11)2)15-10-18-19(5)16(15)6-7-17-4/h8-10,17H,6-7H2,1-5H3. The van der Waals surface area contributed by atoms with Gasteiger partial charge in [0.15, 0.2) is 0 Å². The Bertz CT molecular complexity index is 582. The Hall–Kier alpha value is -1.61. The van der Waals surface area contributed by atoms with Crippen LogP contribution in [-0.2, 0) is 13.5 Å². The zero-order valence-electron chi connectivity index (χ0n) is 12.5. The molecule has 0 atom stereocenters. The summed E-state index contributed by atoms with van der Waals surface area (Å²) in [6.07, 6.45) is 2.98. The van der Waals surface area contributed by atoms with Crippen LogP contribution in [0.2, 0.25) is 0 Å². The Balaban J connectivity index is 2.50. The third-order valence-corrected chi connectivity index (χ3v) is 3.80. The van der Waals surface area contributed by atoms with Crippen molar-refractivity contribution >= 4 is 0 Å². The Labute approximate surface area is 115 Å². The lowest BCUT2D eigenvalue weighted by atomic mass is 9.95. The number of aryl methyl sites for hydroxylation is 4. The van der Waals surface area contributed by atoms with E-state index < -0.39 is 0 Å². The van der Waals surface area contributed by atoms with E-state index in [-0.39, 0.29) is 0 Å². The number of rotatable bonds is 4. The van der Waals surface area contributed by atoms with Gasteiger partial charge in [0.25, 0.3) is 0 Å². The maximum absolute atomic E-state index is 4.43. The SMILES string of the molecule is CNCCc1c(-c2cc(C)c(C)cc2C)cnn1C. The summed E-state index contributed by atoms with van der Waals surface area (Å²) in [5.41, 5.74) is 7.87. The second kappa shape index (κ2) is 5.57. The first-order valence-corrected chi connectivity index (χ1v) is 6.78. The lowest BCUT2D eigenvalue weighted by molar-refractivity contribution is 0.682. The predicted octanol–water partition coefficient (Wildman–Crippen LogP) is 2.77. The van der Waals surface area contributed by atoms with Crippen LogP contribution in [0, 0.1) is 20.8 Å².